The minimum absolute atomic E-state index is 0.0608. The number of halogens is 2. The topological polar surface area (TPSA) is 52.5 Å². The number of rotatable bonds is 5. The van der Waals surface area contributed by atoms with Gasteiger partial charge in [0.2, 0.25) is 0 Å². The Morgan fingerprint density at radius 1 is 1.25 bits per heavy atom. The van der Waals surface area contributed by atoms with Gasteiger partial charge in [0.25, 0.3) is 0 Å². The molecule has 3 N–H and O–H groups in total. The number of aliphatic hydroxyl groups excluding tert-OH is 2. The van der Waals surface area contributed by atoms with Crippen molar-refractivity contribution < 1.29 is 19.0 Å². The molecule has 0 saturated heterocycles. The van der Waals surface area contributed by atoms with Crippen LogP contribution < -0.4 is 5.32 Å². The summed E-state index contributed by atoms with van der Waals surface area (Å²) in [6.07, 6.45) is -1.68. The van der Waals surface area contributed by atoms with Crippen LogP contribution in [0.15, 0.2) is 18.2 Å². The Kier molecular flexibility index (Phi) is 4.79. The van der Waals surface area contributed by atoms with Gasteiger partial charge in [0, 0.05) is 18.7 Å². The highest BCUT2D eigenvalue weighted by Gasteiger charge is 2.13. The third-order valence-corrected chi connectivity index (χ3v) is 2.09. The summed E-state index contributed by atoms with van der Waals surface area (Å²) in [5.41, 5.74) is -0.0851. The zero-order valence-electron chi connectivity index (χ0n) is 8.95. The Morgan fingerprint density at radius 3 is 2.56 bits per heavy atom. The standard InChI is InChI=1S/C11H15F2NO2/c1-7(15)5-14-6-11(16)9-4-8(12)2-3-10(9)13/h2-4,7,11,14-16H,5-6H2,1H3. The van der Waals surface area contributed by atoms with Crippen molar-refractivity contribution in [3.05, 3.63) is 35.4 Å². The molecule has 0 saturated carbocycles. The Labute approximate surface area is 92.7 Å². The first kappa shape index (κ1) is 13.0. The van der Waals surface area contributed by atoms with Crippen molar-refractivity contribution in [3.8, 4) is 0 Å². The molecule has 90 valence electrons. The summed E-state index contributed by atoms with van der Waals surface area (Å²) < 4.78 is 26.0. The van der Waals surface area contributed by atoms with Crippen molar-refractivity contribution in [2.75, 3.05) is 13.1 Å². The van der Waals surface area contributed by atoms with Crippen LogP contribution in [0.2, 0.25) is 0 Å². The quantitative estimate of drug-likeness (QED) is 0.707. The Morgan fingerprint density at radius 2 is 1.94 bits per heavy atom. The molecule has 5 heteroatoms. The second kappa shape index (κ2) is 5.89. The van der Waals surface area contributed by atoms with Crippen LogP contribution in [0.25, 0.3) is 0 Å². The minimum atomic E-state index is -1.13. The van der Waals surface area contributed by atoms with E-state index in [9.17, 15) is 13.9 Å². The van der Waals surface area contributed by atoms with E-state index in [1.54, 1.807) is 6.92 Å². The largest absolute Gasteiger partial charge is 0.392 e. The zero-order valence-corrected chi connectivity index (χ0v) is 8.95. The van der Waals surface area contributed by atoms with Crippen molar-refractivity contribution in [1.82, 2.24) is 5.32 Å². The van der Waals surface area contributed by atoms with Gasteiger partial charge in [0.1, 0.15) is 11.6 Å². The molecular formula is C11H15F2NO2. The number of hydrogen-bond acceptors (Lipinski definition) is 3. The molecule has 1 aromatic carbocycles. The van der Waals surface area contributed by atoms with Crippen molar-refractivity contribution in [1.29, 1.82) is 0 Å². The van der Waals surface area contributed by atoms with Gasteiger partial charge in [-0.25, -0.2) is 8.78 Å². The van der Waals surface area contributed by atoms with Gasteiger partial charge in [-0.3, -0.25) is 0 Å². The van der Waals surface area contributed by atoms with E-state index in [1.807, 2.05) is 0 Å². The second-order valence-electron chi connectivity index (χ2n) is 3.69. The monoisotopic (exact) mass is 231 g/mol. The fourth-order valence-electron chi connectivity index (χ4n) is 1.31. The number of hydrogen-bond donors (Lipinski definition) is 3. The molecule has 0 heterocycles. The molecule has 0 amide bonds. The molecule has 16 heavy (non-hydrogen) atoms. The molecule has 0 spiro atoms. The third kappa shape index (κ3) is 3.84. The van der Waals surface area contributed by atoms with Gasteiger partial charge >= 0.3 is 0 Å². The van der Waals surface area contributed by atoms with Gasteiger partial charge in [-0.15, -0.1) is 0 Å². The summed E-state index contributed by atoms with van der Waals surface area (Å²) in [7, 11) is 0. The van der Waals surface area contributed by atoms with Gasteiger partial charge in [-0.2, -0.15) is 0 Å². The first-order valence-corrected chi connectivity index (χ1v) is 5.02. The van der Waals surface area contributed by atoms with Crippen LogP contribution in [-0.4, -0.2) is 29.4 Å². The first-order valence-electron chi connectivity index (χ1n) is 5.02. The molecular weight excluding hydrogens is 216 g/mol. The average Bonchev–Trinajstić information content (AvgIpc) is 2.21. The smallest absolute Gasteiger partial charge is 0.129 e. The lowest BCUT2D eigenvalue weighted by atomic mass is 10.1. The van der Waals surface area contributed by atoms with Crippen LogP contribution in [0.5, 0.6) is 0 Å². The van der Waals surface area contributed by atoms with Gasteiger partial charge < -0.3 is 15.5 Å². The Hall–Kier alpha value is -1.04. The van der Waals surface area contributed by atoms with Crippen molar-refractivity contribution in [2.45, 2.75) is 19.1 Å². The predicted octanol–water partition coefficient (Wildman–Crippen LogP) is 0.969. The van der Waals surface area contributed by atoms with Crippen molar-refractivity contribution in [2.24, 2.45) is 0 Å². The SMILES string of the molecule is CC(O)CNCC(O)c1cc(F)ccc1F. The van der Waals surface area contributed by atoms with Crippen molar-refractivity contribution >= 4 is 0 Å². The summed E-state index contributed by atoms with van der Waals surface area (Å²) in [6, 6.07) is 2.93. The number of nitrogens with one attached hydrogen (secondary N) is 1. The van der Waals surface area contributed by atoms with Crippen LogP contribution in [0, 0.1) is 11.6 Å². The molecule has 0 radical (unpaired) electrons. The van der Waals surface area contributed by atoms with Crippen molar-refractivity contribution in [3.63, 3.8) is 0 Å². The highest BCUT2D eigenvalue weighted by molar-refractivity contribution is 5.21. The Bertz CT molecular complexity index is 345. The van der Waals surface area contributed by atoms with Gasteiger partial charge in [-0.1, -0.05) is 0 Å². The third-order valence-electron chi connectivity index (χ3n) is 2.09. The van der Waals surface area contributed by atoms with E-state index >= 15 is 0 Å². The van der Waals surface area contributed by atoms with E-state index in [2.05, 4.69) is 5.32 Å². The van der Waals surface area contributed by atoms with Crippen LogP contribution in [0.3, 0.4) is 0 Å². The molecule has 0 fully saturated rings. The normalized spacial score (nSPS) is 14.8. The predicted molar refractivity (Wildman–Crippen MR) is 55.9 cm³/mol. The van der Waals surface area contributed by atoms with Gasteiger partial charge in [0.05, 0.1) is 12.2 Å². The maximum absolute atomic E-state index is 13.2. The fraction of sp³-hybridized carbons (Fsp3) is 0.455. The molecule has 2 unspecified atom stereocenters. The molecule has 0 aromatic heterocycles. The molecule has 1 aromatic rings. The van der Waals surface area contributed by atoms with E-state index in [-0.39, 0.29) is 18.7 Å². The van der Waals surface area contributed by atoms with Crippen LogP contribution in [-0.2, 0) is 0 Å². The lowest BCUT2D eigenvalue weighted by Gasteiger charge is -2.13. The highest BCUT2D eigenvalue weighted by Crippen LogP contribution is 2.17. The maximum atomic E-state index is 13.2. The fourth-order valence-corrected chi connectivity index (χ4v) is 1.31. The van der Waals surface area contributed by atoms with E-state index < -0.39 is 23.8 Å². The Balaban J connectivity index is 2.58. The summed E-state index contributed by atoms with van der Waals surface area (Å²) in [5.74, 6) is -1.24. The van der Waals surface area contributed by atoms with Gasteiger partial charge in [-0.05, 0) is 25.1 Å². The highest BCUT2D eigenvalue weighted by atomic mass is 19.1. The second-order valence-corrected chi connectivity index (χ2v) is 3.69. The molecule has 0 aliphatic carbocycles. The van der Waals surface area contributed by atoms with Crippen LogP contribution in [0.1, 0.15) is 18.6 Å². The molecule has 0 bridgehead atoms. The summed E-state index contributed by atoms with van der Waals surface area (Å²) in [5, 5.41) is 21.3. The molecule has 0 aliphatic rings. The number of aliphatic hydroxyl groups is 2. The van der Waals surface area contributed by atoms with Crippen LogP contribution >= 0.6 is 0 Å². The average molecular weight is 231 g/mol. The zero-order chi connectivity index (χ0) is 12.1. The maximum Gasteiger partial charge on any atom is 0.129 e. The summed E-state index contributed by atoms with van der Waals surface area (Å²) in [6.45, 7) is 1.93. The van der Waals surface area contributed by atoms with Crippen LogP contribution in [0.4, 0.5) is 8.78 Å². The molecule has 1 rings (SSSR count). The molecule has 3 nitrogen and oxygen atoms in total. The van der Waals surface area contributed by atoms with E-state index in [1.165, 1.54) is 0 Å². The van der Waals surface area contributed by atoms with Gasteiger partial charge in [0.15, 0.2) is 0 Å². The summed E-state index contributed by atoms with van der Waals surface area (Å²) in [4.78, 5) is 0. The summed E-state index contributed by atoms with van der Waals surface area (Å²) >= 11 is 0. The molecule has 0 aliphatic heterocycles. The minimum Gasteiger partial charge on any atom is -0.392 e. The first-order chi connectivity index (χ1) is 7.50. The lowest BCUT2D eigenvalue weighted by Crippen LogP contribution is -2.28. The van der Waals surface area contributed by atoms with E-state index in [0.717, 1.165) is 18.2 Å². The number of benzene rings is 1. The van der Waals surface area contributed by atoms with E-state index in [4.69, 9.17) is 5.11 Å². The lowest BCUT2D eigenvalue weighted by molar-refractivity contribution is 0.151. The van der Waals surface area contributed by atoms with E-state index in [0.29, 0.717) is 0 Å². The molecule has 2 atom stereocenters.